The van der Waals surface area contributed by atoms with Gasteiger partial charge in [-0.15, -0.1) is 0 Å². The fourth-order valence-electron chi connectivity index (χ4n) is 1.37. The Morgan fingerprint density at radius 2 is 2.11 bits per heavy atom. The monoisotopic (exact) mass is 326 g/mol. The number of hydrogen-bond acceptors (Lipinski definition) is 3. The highest BCUT2D eigenvalue weighted by atomic mass is 79.9. The molecule has 0 fully saturated rings. The molecule has 6 heteroatoms. The van der Waals surface area contributed by atoms with Gasteiger partial charge in [0.15, 0.2) is 0 Å². The minimum atomic E-state index is -1.06. The lowest BCUT2D eigenvalue weighted by Crippen LogP contribution is -2.01. The molecule has 0 spiro atoms. The number of rotatable bonds is 3. The van der Waals surface area contributed by atoms with Crippen LogP contribution in [0.2, 0.25) is 5.02 Å². The van der Waals surface area contributed by atoms with Crippen LogP contribution in [0.5, 0.6) is 0 Å². The van der Waals surface area contributed by atoms with Gasteiger partial charge in [0.2, 0.25) is 0 Å². The predicted molar refractivity (Wildman–Crippen MR) is 73.6 cm³/mol. The van der Waals surface area contributed by atoms with E-state index in [0.29, 0.717) is 10.7 Å². The maximum Gasteiger partial charge on any atom is 0.354 e. The summed E-state index contributed by atoms with van der Waals surface area (Å²) in [6.45, 7) is 0. The molecule has 2 aromatic rings. The molecule has 1 aromatic heterocycles. The summed E-state index contributed by atoms with van der Waals surface area (Å²) in [6.07, 6.45) is 1.44. The first-order valence-electron chi connectivity index (χ1n) is 4.97. The lowest BCUT2D eigenvalue weighted by atomic mass is 10.2. The lowest BCUT2D eigenvalue weighted by Gasteiger charge is -2.09. The second-order valence-corrected chi connectivity index (χ2v) is 4.77. The molecule has 0 saturated carbocycles. The van der Waals surface area contributed by atoms with E-state index >= 15 is 0 Å². The summed E-state index contributed by atoms with van der Waals surface area (Å²) in [7, 11) is 0. The van der Waals surface area contributed by atoms with Gasteiger partial charge in [-0.1, -0.05) is 11.6 Å². The van der Waals surface area contributed by atoms with Gasteiger partial charge in [0.25, 0.3) is 0 Å². The molecule has 0 radical (unpaired) electrons. The van der Waals surface area contributed by atoms with Gasteiger partial charge in [-0.05, 0) is 46.3 Å². The number of halogens is 2. The number of benzene rings is 1. The highest BCUT2D eigenvalue weighted by Gasteiger charge is 2.06. The Morgan fingerprint density at radius 1 is 1.33 bits per heavy atom. The Morgan fingerprint density at radius 3 is 2.78 bits per heavy atom. The number of anilines is 2. The van der Waals surface area contributed by atoms with Crippen LogP contribution in [0, 0.1) is 0 Å². The number of carboxylic acids is 1. The minimum absolute atomic E-state index is 0.00918. The predicted octanol–water partition coefficient (Wildman–Crippen LogP) is 3.94. The number of nitrogens with zero attached hydrogens (tertiary/aromatic N) is 1. The highest BCUT2D eigenvalue weighted by molar-refractivity contribution is 9.10. The summed E-state index contributed by atoms with van der Waals surface area (Å²) in [4.78, 5) is 14.5. The van der Waals surface area contributed by atoms with Crippen molar-refractivity contribution in [3.8, 4) is 0 Å². The van der Waals surface area contributed by atoms with Crippen LogP contribution >= 0.6 is 27.5 Å². The summed E-state index contributed by atoms with van der Waals surface area (Å²) in [5, 5.41) is 12.6. The van der Waals surface area contributed by atoms with Crippen LogP contribution < -0.4 is 5.32 Å². The van der Waals surface area contributed by atoms with Crippen LogP contribution in [0.25, 0.3) is 0 Å². The number of hydrogen-bond donors (Lipinski definition) is 2. The number of nitrogens with one attached hydrogen (secondary N) is 1. The third-order valence-corrected chi connectivity index (χ3v) is 3.08. The molecular weight excluding hydrogens is 320 g/mol. The van der Waals surface area contributed by atoms with Crippen molar-refractivity contribution in [1.82, 2.24) is 4.98 Å². The average Bonchev–Trinajstić information content (AvgIpc) is 2.33. The minimum Gasteiger partial charge on any atom is -0.477 e. The molecule has 0 saturated heterocycles. The van der Waals surface area contributed by atoms with Crippen molar-refractivity contribution in [2.75, 3.05) is 5.32 Å². The second-order valence-electron chi connectivity index (χ2n) is 3.48. The molecule has 4 nitrogen and oxygen atoms in total. The smallest absolute Gasteiger partial charge is 0.354 e. The molecule has 1 aromatic carbocycles. The van der Waals surface area contributed by atoms with Gasteiger partial charge in [0.05, 0.1) is 5.69 Å². The van der Waals surface area contributed by atoms with E-state index in [9.17, 15) is 4.79 Å². The molecule has 92 valence electrons. The Bertz CT molecular complexity index is 604. The van der Waals surface area contributed by atoms with E-state index in [1.54, 1.807) is 24.3 Å². The second kappa shape index (κ2) is 5.37. The number of pyridine rings is 1. The van der Waals surface area contributed by atoms with Crippen LogP contribution in [0.4, 0.5) is 11.4 Å². The number of carboxylic acid groups (broad SMARTS) is 1. The maximum atomic E-state index is 10.8. The van der Waals surface area contributed by atoms with Crippen LogP contribution in [0.1, 0.15) is 10.5 Å². The largest absolute Gasteiger partial charge is 0.477 e. The molecule has 0 unspecified atom stereocenters. The molecule has 0 bridgehead atoms. The Balaban J connectivity index is 2.28. The van der Waals surface area contributed by atoms with Crippen LogP contribution in [0.3, 0.4) is 0 Å². The van der Waals surface area contributed by atoms with Crippen molar-refractivity contribution in [1.29, 1.82) is 0 Å². The Hall–Kier alpha value is -1.59. The van der Waals surface area contributed by atoms with Gasteiger partial charge in [-0.25, -0.2) is 9.78 Å². The third-order valence-electron chi connectivity index (χ3n) is 2.19. The SMILES string of the molecule is O=C(O)c1cc(Nc2ccc(Cl)cc2Br)ccn1. The van der Waals surface area contributed by atoms with Crippen molar-refractivity contribution in [3.05, 3.63) is 51.7 Å². The van der Waals surface area contributed by atoms with Gasteiger partial charge >= 0.3 is 5.97 Å². The van der Waals surface area contributed by atoms with Gasteiger partial charge in [0.1, 0.15) is 5.69 Å². The highest BCUT2D eigenvalue weighted by Crippen LogP contribution is 2.28. The van der Waals surface area contributed by atoms with Crippen molar-refractivity contribution in [2.24, 2.45) is 0 Å². The van der Waals surface area contributed by atoms with Crippen molar-refractivity contribution in [3.63, 3.8) is 0 Å². The first-order valence-corrected chi connectivity index (χ1v) is 6.15. The van der Waals surface area contributed by atoms with E-state index in [1.165, 1.54) is 12.3 Å². The molecule has 0 aliphatic heterocycles. The molecule has 0 aliphatic carbocycles. The molecule has 18 heavy (non-hydrogen) atoms. The number of carbonyl (C=O) groups is 1. The molecule has 0 amide bonds. The lowest BCUT2D eigenvalue weighted by molar-refractivity contribution is 0.0690. The molecule has 2 rings (SSSR count). The number of aromatic nitrogens is 1. The van der Waals surface area contributed by atoms with Crippen molar-refractivity contribution in [2.45, 2.75) is 0 Å². The summed E-state index contributed by atoms with van der Waals surface area (Å²) < 4.78 is 0.795. The topological polar surface area (TPSA) is 62.2 Å². The zero-order valence-corrected chi connectivity index (χ0v) is 11.4. The standard InChI is InChI=1S/C12H8BrClN2O2/c13-9-5-7(14)1-2-10(9)16-8-3-4-15-11(6-8)12(17)18/h1-6H,(H,15,16)(H,17,18). The van der Waals surface area contributed by atoms with E-state index in [1.807, 2.05) is 0 Å². The van der Waals surface area contributed by atoms with Gasteiger partial charge < -0.3 is 10.4 Å². The summed E-state index contributed by atoms with van der Waals surface area (Å²) in [6, 6.07) is 8.45. The zero-order chi connectivity index (χ0) is 13.1. The van der Waals surface area contributed by atoms with Crippen LogP contribution in [-0.4, -0.2) is 16.1 Å². The van der Waals surface area contributed by atoms with E-state index in [-0.39, 0.29) is 5.69 Å². The van der Waals surface area contributed by atoms with Crippen molar-refractivity contribution >= 4 is 44.9 Å². The molecule has 2 N–H and O–H groups in total. The molecule has 1 heterocycles. The first kappa shape index (κ1) is 12.9. The summed E-state index contributed by atoms with van der Waals surface area (Å²) in [5.41, 5.74) is 1.43. The fourth-order valence-corrected chi connectivity index (χ4v) is 2.15. The van der Waals surface area contributed by atoms with Gasteiger partial charge in [-0.2, -0.15) is 0 Å². The quantitative estimate of drug-likeness (QED) is 0.896. The Labute approximate surface area is 117 Å². The third kappa shape index (κ3) is 3.00. The van der Waals surface area contributed by atoms with Gasteiger partial charge in [0, 0.05) is 21.4 Å². The molecular formula is C12H8BrClN2O2. The van der Waals surface area contributed by atoms with Crippen LogP contribution in [-0.2, 0) is 0 Å². The van der Waals surface area contributed by atoms with Crippen LogP contribution in [0.15, 0.2) is 41.0 Å². The van der Waals surface area contributed by atoms with E-state index < -0.39 is 5.97 Å². The number of aromatic carboxylic acids is 1. The average molecular weight is 328 g/mol. The van der Waals surface area contributed by atoms with Crippen molar-refractivity contribution < 1.29 is 9.90 Å². The zero-order valence-electron chi connectivity index (χ0n) is 9.02. The van der Waals surface area contributed by atoms with E-state index in [0.717, 1.165) is 10.2 Å². The first-order chi connectivity index (χ1) is 8.56. The van der Waals surface area contributed by atoms with E-state index in [2.05, 4.69) is 26.2 Å². The normalized spacial score (nSPS) is 10.1. The maximum absolute atomic E-state index is 10.8. The Kier molecular flexibility index (Phi) is 3.84. The summed E-state index contributed by atoms with van der Waals surface area (Å²) in [5.74, 6) is -1.06. The van der Waals surface area contributed by atoms with E-state index in [4.69, 9.17) is 16.7 Å². The molecule has 0 atom stereocenters. The fraction of sp³-hybridized carbons (Fsp3) is 0. The summed E-state index contributed by atoms with van der Waals surface area (Å²) >= 11 is 9.21. The molecule has 0 aliphatic rings. The van der Waals surface area contributed by atoms with Gasteiger partial charge in [-0.3, -0.25) is 0 Å².